The van der Waals surface area contributed by atoms with E-state index in [1.165, 1.54) is 0 Å². The summed E-state index contributed by atoms with van der Waals surface area (Å²) in [6.45, 7) is 5.12. The van der Waals surface area contributed by atoms with E-state index in [9.17, 15) is 0 Å². The molecule has 0 aliphatic rings. The molecule has 4 nitrogen and oxygen atoms in total. The Kier molecular flexibility index (Phi) is 5.63. The minimum atomic E-state index is -0.0786. The number of rotatable bonds is 7. The molecule has 0 amide bonds. The minimum absolute atomic E-state index is 0.0706. The van der Waals surface area contributed by atoms with Crippen molar-refractivity contribution in [3.05, 3.63) is 29.8 Å². The predicted molar refractivity (Wildman–Crippen MR) is 70.2 cm³/mol. The van der Waals surface area contributed by atoms with Crippen LogP contribution >= 0.6 is 0 Å². The van der Waals surface area contributed by atoms with Gasteiger partial charge in [-0.2, -0.15) is 5.26 Å². The first-order chi connectivity index (χ1) is 8.57. The molecule has 0 aliphatic heterocycles. The van der Waals surface area contributed by atoms with E-state index < -0.39 is 0 Å². The molecule has 2 N–H and O–H groups in total. The molecule has 0 atom stereocenters. The molecule has 0 bridgehead atoms. The van der Waals surface area contributed by atoms with E-state index in [0.29, 0.717) is 5.75 Å². The molecule has 98 valence electrons. The zero-order valence-electron chi connectivity index (χ0n) is 10.9. The Hall–Kier alpha value is -1.57. The van der Waals surface area contributed by atoms with Crippen LogP contribution in [-0.2, 0) is 6.54 Å². The smallest absolute Gasteiger partial charge is 0.174 e. The molecule has 0 saturated carbocycles. The number of aliphatic hydroxyl groups excluding tert-OH is 1. The van der Waals surface area contributed by atoms with Gasteiger partial charge in [0.05, 0.1) is 0 Å². The van der Waals surface area contributed by atoms with Gasteiger partial charge in [-0.1, -0.05) is 12.1 Å². The Labute approximate surface area is 108 Å². The van der Waals surface area contributed by atoms with Gasteiger partial charge in [0.15, 0.2) is 6.61 Å². The number of hydrogen-bond donors (Lipinski definition) is 2. The number of nitrogens with one attached hydrogen (secondary N) is 1. The van der Waals surface area contributed by atoms with Crippen molar-refractivity contribution in [2.75, 3.05) is 13.2 Å². The van der Waals surface area contributed by atoms with Gasteiger partial charge in [0, 0.05) is 18.7 Å². The number of ether oxygens (including phenoxy) is 1. The van der Waals surface area contributed by atoms with Crippen molar-refractivity contribution in [2.45, 2.75) is 32.4 Å². The average Bonchev–Trinajstić information content (AvgIpc) is 2.35. The summed E-state index contributed by atoms with van der Waals surface area (Å²) in [6, 6.07) is 9.57. The molecule has 0 aromatic heterocycles. The van der Waals surface area contributed by atoms with Gasteiger partial charge in [0.2, 0.25) is 0 Å². The Balaban J connectivity index is 2.46. The average molecular weight is 248 g/mol. The van der Waals surface area contributed by atoms with E-state index >= 15 is 0 Å². The topological polar surface area (TPSA) is 65.3 Å². The number of benzene rings is 1. The van der Waals surface area contributed by atoms with Gasteiger partial charge in [0.1, 0.15) is 11.8 Å². The maximum atomic E-state index is 8.94. The lowest BCUT2D eigenvalue weighted by Gasteiger charge is -2.25. The first-order valence-corrected chi connectivity index (χ1v) is 6.02. The Morgan fingerprint density at radius 3 is 2.56 bits per heavy atom. The molecular formula is C14H20N2O2. The fraction of sp³-hybridized carbons (Fsp3) is 0.500. The molecule has 0 fully saturated rings. The van der Waals surface area contributed by atoms with Crippen LogP contribution in [-0.4, -0.2) is 23.9 Å². The van der Waals surface area contributed by atoms with E-state index in [4.69, 9.17) is 15.1 Å². The first-order valence-electron chi connectivity index (χ1n) is 6.02. The summed E-state index contributed by atoms with van der Waals surface area (Å²) in [5, 5.41) is 20.7. The van der Waals surface area contributed by atoms with Gasteiger partial charge < -0.3 is 15.2 Å². The van der Waals surface area contributed by atoms with Crippen molar-refractivity contribution in [1.29, 1.82) is 5.26 Å². The fourth-order valence-electron chi connectivity index (χ4n) is 1.53. The highest BCUT2D eigenvalue weighted by Gasteiger charge is 2.15. The second-order valence-electron chi connectivity index (χ2n) is 4.80. The maximum absolute atomic E-state index is 8.94. The zero-order valence-corrected chi connectivity index (χ0v) is 10.9. The molecular weight excluding hydrogens is 228 g/mol. The molecule has 1 aromatic rings. The normalized spacial score (nSPS) is 11.0. The highest BCUT2D eigenvalue weighted by molar-refractivity contribution is 5.27. The second kappa shape index (κ2) is 7.00. The lowest BCUT2D eigenvalue weighted by atomic mass is 10.0. The van der Waals surface area contributed by atoms with Crippen LogP contribution < -0.4 is 10.1 Å². The van der Waals surface area contributed by atoms with E-state index in [2.05, 4.69) is 19.2 Å². The summed E-state index contributed by atoms with van der Waals surface area (Å²) in [4.78, 5) is 0. The summed E-state index contributed by atoms with van der Waals surface area (Å²) < 4.78 is 5.18. The highest BCUT2D eigenvalue weighted by Crippen LogP contribution is 2.14. The van der Waals surface area contributed by atoms with Gasteiger partial charge >= 0.3 is 0 Å². The molecule has 0 spiro atoms. The van der Waals surface area contributed by atoms with Crippen LogP contribution in [0.25, 0.3) is 0 Å². The number of nitriles is 1. The van der Waals surface area contributed by atoms with E-state index in [1.807, 2.05) is 30.3 Å². The van der Waals surface area contributed by atoms with Crippen LogP contribution in [0.15, 0.2) is 24.3 Å². The van der Waals surface area contributed by atoms with Gasteiger partial charge in [-0.25, -0.2) is 0 Å². The quantitative estimate of drug-likeness (QED) is 0.772. The lowest BCUT2D eigenvalue weighted by molar-refractivity contribution is 0.230. The largest absolute Gasteiger partial charge is 0.479 e. The molecule has 18 heavy (non-hydrogen) atoms. The summed E-state index contributed by atoms with van der Waals surface area (Å²) in [7, 11) is 0. The summed E-state index contributed by atoms with van der Waals surface area (Å²) >= 11 is 0. The third-order valence-corrected chi connectivity index (χ3v) is 2.73. The van der Waals surface area contributed by atoms with Crippen LogP contribution in [0.2, 0.25) is 0 Å². The van der Waals surface area contributed by atoms with E-state index in [0.717, 1.165) is 18.5 Å². The molecule has 0 unspecified atom stereocenters. The van der Waals surface area contributed by atoms with Crippen molar-refractivity contribution in [1.82, 2.24) is 5.32 Å². The van der Waals surface area contributed by atoms with Gasteiger partial charge in [-0.3, -0.25) is 0 Å². The van der Waals surface area contributed by atoms with Crippen molar-refractivity contribution in [2.24, 2.45) is 0 Å². The Bertz CT molecular complexity index is 393. The molecule has 1 rings (SSSR count). The molecule has 0 aliphatic carbocycles. The van der Waals surface area contributed by atoms with Gasteiger partial charge in [-0.05, 0) is 38.0 Å². The van der Waals surface area contributed by atoms with Crippen LogP contribution in [0.4, 0.5) is 0 Å². The van der Waals surface area contributed by atoms with Crippen LogP contribution in [0.1, 0.15) is 25.8 Å². The zero-order chi connectivity index (χ0) is 13.4. The van der Waals surface area contributed by atoms with Gasteiger partial charge in [0.25, 0.3) is 0 Å². The first kappa shape index (κ1) is 14.5. The van der Waals surface area contributed by atoms with Crippen molar-refractivity contribution in [3.8, 4) is 11.8 Å². The van der Waals surface area contributed by atoms with Crippen LogP contribution in [0.3, 0.4) is 0 Å². The van der Waals surface area contributed by atoms with Crippen molar-refractivity contribution in [3.63, 3.8) is 0 Å². The van der Waals surface area contributed by atoms with Crippen molar-refractivity contribution >= 4 is 0 Å². The van der Waals surface area contributed by atoms with Crippen molar-refractivity contribution < 1.29 is 9.84 Å². The Morgan fingerprint density at radius 2 is 2.00 bits per heavy atom. The van der Waals surface area contributed by atoms with E-state index in [1.54, 1.807) is 0 Å². The third kappa shape index (κ3) is 5.17. The third-order valence-electron chi connectivity index (χ3n) is 2.73. The lowest BCUT2D eigenvalue weighted by Crippen LogP contribution is -2.39. The molecule has 0 radical (unpaired) electrons. The van der Waals surface area contributed by atoms with Crippen LogP contribution in [0, 0.1) is 11.3 Å². The fourth-order valence-corrected chi connectivity index (χ4v) is 1.53. The summed E-state index contributed by atoms with van der Waals surface area (Å²) in [5.74, 6) is 0.704. The number of aliphatic hydroxyl groups is 1. The number of hydrogen-bond acceptors (Lipinski definition) is 4. The summed E-state index contributed by atoms with van der Waals surface area (Å²) in [5.41, 5.74) is 1.07. The predicted octanol–water partition coefficient (Wildman–Crippen LogP) is 1.84. The SMILES string of the molecule is CC(C)(CCO)NCc1ccc(OCC#N)cc1. The maximum Gasteiger partial charge on any atom is 0.174 e. The molecule has 0 heterocycles. The van der Waals surface area contributed by atoms with Gasteiger partial charge in [-0.15, -0.1) is 0 Å². The minimum Gasteiger partial charge on any atom is -0.479 e. The highest BCUT2D eigenvalue weighted by atomic mass is 16.5. The number of nitrogens with zero attached hydrogens (tertiary/aromatic N) is 1. The van der Waals surface area contributed by atoms with E-state index in [-0.39, 0.29) is 18.8 Å². The Morgan fingerprint density at radius 1 is 1.33 bits per heavy atom. The molecule has 1 aromatic carbocycles. The summed E-state index contributed by atoms with van der Waals surface area (Å²) in [6.07, 6.45) is 0.719. The molecule has 4 heteroatoms. The van der Waals surface area contributed by atoms with Crippen LogP contribution in [0.5, 0.6) is 5.75 Å². The second-order valence-corrected chi connectivity index (χ2v) is 4.80. The monoisotopic (exact) mass is 248 g/mol. The molecule has 0 saturated heterocycles. The standard InChI is InChI=1S/C14H20N2O2/c1-14(2,7-9-17)16-11-12-3-5-13(6-4-12)18-10-8-15/h3-6,16-17H,7,9-11H2,1-2H3.